The summed E-state index contributed by atoms with van der Waals surface area (Å²) in [5.41, 5.74) is 1.86. The summed E-state index contributed by atoms with van der Waals surface area (Å²) in [5.74, 6) is -0.0329. The van der Waals surface area contributed by atoms with E-state index in [1.54, 1.807) is 6.20 Å². The Balaban J connectivity index is 1.70. The molecule has 2 fully saturated rings. The number of amides is 1. The quantitative estimate of drug-likeness (QED) is 0.814. The van der Waals surface area contributed by atoms with Crippen molar-refractivity contribution in [3.05, 3.63) is 59.8 Å². The van der Waals surface area contributed by atoms with Crippen LogP contribution < -0.4 is 5.32 Å². The number of carbonyl (C=O) groups is 1. The number of hydrogen-bond acceptors (Lipinski definition) is 4. The van der Waals surface area contributed by atoms with E-state index in [2.05, 4.69) is 46.5 Å². The Morgan fingerprint density at radius 2 is 1.96 bits per heavy atom. The first-order valence-corrected chi connectivity index (χ1v) is 10.5. The molecule has 2 aliphatic rings. The monoisotopic (exact) mass is 367 g/mol. The molecule has 0 saturated carbocycles. The number of pyridine rings is 1. The Hall–Kier alpha value is -1.85. The maximum Gasteiger partial charge on any atom is 0.254 e. The first-order chi connectivity index (χ1) is 12.7. The molecule has 1 aromatic carbocycles. The maximum absolute atomic E-state index is 13.2. The zero-order chi connectivity index (χ0) is 18.1. The van der Waals surface area contributed by atoms with E-state index in [1.165, 1.54) is 30.2 Å². The van der Waals surface area contributed by atoms with Gasteiger partial charge in [-0.1, -0.05) is 30.3 Å². The topological polar surface area (TPSA) is 45.2 Å². The van der Waals surface area contributed by atoms with E-state index in [9.17, 15) is 4.79 Å². The van der Waals surface area contributed by atoms with Crippen LogP contribution in [0.3, 0.4) is 0 Å². The Kier molecular flexibility index (Phi) is 4.76. The maximum atomic E-state index is 13.2. The van der Waals surface area contributed by atoms with Crippen LogP contribution in [0.1, 0.15) is 47.6 Å². The van der Waals surface area contributed by atoms with Gasteiger partial charge in [0.15, 0.2) is 0 Å². The van der Waals surface area contributed by atoms with Gasteiger partial charge >= 0.3 is 0 Å². The lowest BCUT2D eigenvalue weighted by Gasteiger charge is -2.41. The first-order valence-electron chi connectivity index (χ1n) is 9.23. The minimum absolute atomic E-state index is 0.0105. The molecule has 1 N–H and O–H groups in total. The van der Waals surface area contributed by atoms with Gasteiger partial charge in [-0.2, -0.15) is 0 Å². The van der Waals surface area contributed by atoms with E-state index in [0.717, 1.165) is 17.9 Å². The van der Waals surface area contributed by atoms with Gasteiger partial charge in [0.25, 0.3) is 5.91 Å². The van der Waals surface area contributed by atoms with E-state index in [1.807, 2.05) is 24.5 Å². The highest BCUT2D eigenvalue weighted by atomic mass is 32.2. The smallest absolute Gasteiger partial charge is 0.254 e. The van der Waals surface area contributed by atoms with Crippen molar-refractivity contribution < 1.29 is 4.79 Å². The number of nitrogens with zero attached hydrogens (tertiary/aromatic N) is 2. The van der Waals surface area contributed by atoms with Crippen molar-refractivity contribution in [1.82, 2.24) is 15.2 Å². The van der Waals surface area contributed by atoms with Crippen LogP contribution in [0.15, 0.2) is 53.7 Å². The van der Waals surface area contributed by atoms with Gasteiger partial charge in [-0.25, -0.2) is 4.98 Å². The molecule has 1 amide bonds. The number of rotatable bonds is 5. The molecule has 136 valence electrons. The second-order valence-corrected chi connectivity index (χ2v) is 8.12. The molecule has 1 atom stereocenters. The zero-order valence-electron chi connectivity index (χ0n) is 15.3. The molecule has 1 aromatic heterocycles. The molecule has 2 saturated heterocycles. The number of fused-ring (bicyclic) bond motifs is 2. The highest BCUT2D eigenvalue weighted by Crippen LogP contribution is 2.51. The van der Waals surface area contributed by atoms with Crippen LogP contribution in [0.2, 0.25) is 0 Å². The molecular weight excluding hydrogens is 342 g/mol. The summed E-state index contributed by atoms with van der Waals surface area (Å²) in [6.45, 7) is 0. The molecule has 1 unspecified atom stereocenters. The molecule has 3 heterocycles. The molecule has 2 bridgehead atoms. The van der Waals surface area contributed by atoms with Gasteiger partial charge in [0.05, 0.1) is 11.6 Å². The van der Waals surface area contributed by atoms with Crippen molar-refractivity contribution in [1.29, 1.82) is 0 Å². The summed E-state index contributed by atoms with van der Waals surface area (Å²) < 4.78 is 0. The third-order valence-electron chi connectivity index (χ3n) is 6.23. The number of hydrogen-bond donors (Lipinski definition) is 1. The van der Waals surface area contributed by atoms with Crippen molar-refractivity contribution >= 4 is 17.7 Å². The van der Waals surface area contributed by atoms with Gasteiger partial charge < -0.3 is 5.32 Å². The normalized spacial score (nSPS) is 26.0. The van der Waals surface area contributed by atoms with E-state index in [0.29, 0.717) is 11.6 Å². The van der Waals surface area contributed by atoms with E-state index < -0.39 is 0 Å². The number of thioether (sulfide) groups is 1. The van der Waals surface area contributed by atoms with Crippen LogP contribution in [-0.2, 0) is 0 Å². The van der Waals surface area contributed by atoms with E-state index >= 15 is 0 Å². The highest BCUT2D eigenvalue weighted by Gasteiger charge is 2.54. The van der Waals surface area contributed by atoms with Crippen LogP contribution in [0.25, 0.3) is 0 Å². The molecule has 4 nitrogen and oxygen atoms in total. The first kappa shape index (κ1) is 17.6. The molecular formula is C21H25N3OS. The summed E-state index contributed by atoms with van der Waals surface area (Å²) in [6.07, 6.45) is 8.41. The van der Waals surface area contributed by atoms with Crippen molar-refractivity contribution in [2.45, 2.75) is 48.3 Å². The second kappa shape index (κ2) is 7.05. The van der Waals surface area contributed by atoms with Crippen molar-refractivity contribution in [2.75, 3.05) is 13.3 Å². The molecule has 0 aliphatic carbocycles. The third-order valence-corrected chi connectivity index (χ3v) is 6.94. The van der Waals surface area contributed by atoms with E-state index in [4.69, 9.17) is 0 Å². The number of benzene rings is 1. The molecule has 0 radical (unpaired) electrons. The van der Waals surface area contributed by atoms with Gasteiger partial charge in [-0.05, 0) is 56.7 Å². The molecule has 5 heteroatoms. The van der Waals surface area contributed by atoms with Gasteiger partial charge in [-0.3, -0.25) is 9.69 Å². The average Bonchev–Trinajstić information content (AvgIpc) is 3.19. The van der Waals surface area contributed by atoms with Crippen LogP contribution in [-0.4, -0.2) is 40.7 Å². The largest absolute Gasteiger partial charge is 0.343 e. The standard InChI is InChI=1S/C21H25N3OS/c1-24-16-10-12-21(24,13-11-16)18(15-7-4-3-5-8-15)23-19(25)17-9-6-14-22-20(17)26-2/h3-9,14,16,18H,10-13H2,1-2H3,(H,23,25). The summed E-state index contributed by atoms with van der Waals surface area (Å²) >= 11 is 1.51. The average molecular weight is 368 g/mol. The fraction of sp³-hybridized carbons (Fsp3) is 0.429. The van der Waals surface area contributed by atoms with Crippen molar-refractivity contribution in [3.63, 3.8) is 0 Å². The number of carbonyl (C=O) groups excluding carboxylic acids is 1. The van der Waals surface area contributed by atoms with Gasteiger partial charge in [-0.15, -0.1) is 11.8 Å². The highest BCUT2D eigenvalue weighted by molar-refractivity contribution is 7.98. The van der Waals surface area contributed by atoms with Gasteiger partial charge in [0, 0.05) is 17.8 Å². The lowest BCUT2D eigenvalue weighted by molar-refractivity contribution is 0.0834. The van der Waals surface area contributed by atoms with Crippen LogP contribution in [0, 0.1) is 0 Å². The summed E-state index contributed by atoms with van der Waals surface area (Å²) in [4.78, 5) is 20.0. The second-order valence-electron chi connectivity index (χ2n) is 7.32. The lowest BCUT2D eigenvalue weighted by atomic mass is 9.78. The predicted octanol–water partition coefficient (Wildman–Crippen LogP) is 3.90. The minimum Gasteiger partial charge on any atom is -0.343 e. The van der Waals surface area contributed by atoms with Gasteiger partial charge in [0.2, 0.25) is 0 Å². The lowest BCUT2D eigenvalue weighted by Crippen LogP contribution is -2.51. The summed E-state index contributed by atoms with van der Waals surface area (Å²) in [7, 11) is 2.23. The summed E-state index contributed by atoms with van der Waals surface area (Å²) in [6, 6.07) is 14.8. The Bertz CT molecular complexity index is 787. The summed E-state index contributed by atoms with van der Waals surface area (Å²) in [5, 5.41) is 4.16. The van der Waals surface area contributed by atoms with Crippen LogP contribution >= 0.6 is 11.8 Å². The Labute approximate surface area is 159 Å². The van der Waals surface area contributed by atoms with Crippen molar-refractivity contribution in [3.8, 4) is 0 Å². The van der Waals surface area contributed by atoms with Crippen LogP contribution in [0.4, 0.5) is 0 Å². The molecule has 2 aliphatic heterocycles. The number of nitrogens with one attached hydrogen (secondary N) is 1. The SMILES string of the molecule is CSc1ncccc1C(=O)NC(c1ccccc1)C12CCC(CC1)N2C. The number of aromatic nitrogens is 1. The fourth-order valence-corrected chi connectivity index (χ4v) is 5.35. The molecule has 4 rings (SSSR count). The third kappa shape index (κ3) is 2.83. The molecule has 2 aromatic rings. The van der Waals surface area contributed by atoms with E-state index in [-0.39, 0.29) is 17.5 Å². The fourth-order valence-electron chi connectivity index (χ4n) is 4.81. The van der Waals surface area contributed by atoms with Crippen LogP contribution in [0.5, 0.6) is 0 Å². The zero-order valence-corrected chi connectivity index (χ0v) is 16.1. The molecule has 26 heavy (non-hydrogen) atoms. The van der Waals surface area contributed by atoms with Gasteiger partial charge in [0.1, 0.15) is 5.03 Å². The van der Waals surface area contributed by atoms with Crippen molar-refractivity contribution in [2.24, 2.45) is 0 Å². The Morgan fingerprint density at radius 3 is 2.58 bits per heavy atom. The Morgan fingerprint density at radius 1 is 1.23 bits per heavy atom. The number of likely N-dealkylation sites (N-methyl/N-ethyl adjacent to an activating group) is 1. The molecule has 0 spiro atoms. The predicted molar refractivity (Wildman–Crippen MR) is 105 cm³/mol. The minimum atomic E-state index is -0.0329.